The molecule has 2 aromatic rings. The van der Waals surface area contributed by atoms with Gasteiger partial charge in [-0.1, -0.05) is 6.07 Å². The van der Waals surface area contributed by atoms with Gasteiger partial charge in [-0.05, 0) is 24.3 Å². The van der Waals surface area contributed by atoms with Gasteiger partial charge in [-0.25, -0.2) is 4.79 Å². The lowest BCUT2D eigenvalue weighted by Gasteiger charge is -2.13. The third-order valence-corrected chi connectivity index (χ3v) is 4.66. The van der Waals surface area contributed by atoms with Crippen LogP contribution in [0.3, 0.4) is 0 Å². The molecule has 8 nitrogen and oxygen atoms in total. The Balaban J connectivity index is 2.40. The van der Waals surface area contributed by atoms with E-state index >= 15 is 0 Å². The van der Waals surface area contributed by atoms with E-state index in [-0.39, 0.29) is 27.7 Å². The molecule has 0 aromatic heterocycles. The Morgan fingerprint density at radius 1 is 0.769 bits per heavy atom. The fourth-order valence-electron chi connectivity index (χ4n) is 2.21. The van der Waals surface area contributed by atoms with Crippen molar-refractivity contribution in [2.24, 2.45) is 0 Å². The van der Waals surface area contributed by atoms with Crippen LogP contribution in [0, 0.1) is 0 Å². The molecule has 0 aliphatic heterocycles. The van der Waals surface area contributed by atoms with Crippen molar-refractivity contribution >= 4 is 16.1 Å². The van der Waals surface area contributed by atoms with Gasteiger partial charge in [0, 0.05) is 6.07 Å². The number of hydrogen-bond acceptors (Lipinski definition) is 8. The predicted octanol–water partition coefficient (Wildman–Crippen LogP) is 2.27. The van der Waals surface area contributed by atoms with E-state index in [2.05, 4.69) is 0 Å². The van der Waals surface area contributed by atoms with Crippen LogP contribution in [0.15, 0.2) is 41.3 Å². The van der Waals surface area contributed by atoms with Crippen molar-refractivity contribution in [2.75, 3.05) is 28.4 Å². The maximum absolute atomic E-state index is 12.5. The van der Waals surface area contributed by atoms with Gasteiger partial charge in [-0.2, -0.15) is 8.42 Å². The van der Waals surface area contributed by atoms with E-state index in [1.165, 1.54) is 58.8 Å². The normalized spacial score (nSPS) is 10.8. The van der Waals surface area contributed by atoms with Gasteiger partial charge in [0.25, 0.3) is 0 Å². The number of carbonyl (C=O) groups excluding carboxylic acids is 1. The molecular formula is C17H18O8S. The van der Waals surface area contributed by atoms with Crippen LogP contribution in [0.25, 0.3) is 0 Å². The van der Waals surface area contributed by atoms with Crippen molar-refractivity contribution in [3.05, 3.63) is 42.0 Å². The number of benzene rings is 2. The number of rotatable bonds is 7. The van der Waals surface area contributed by atoms with Crippen LogP contribution in [-0.4, -0.2) is 42.8 Å². The van der Waals surface area contributed by atoms with Gasteiger partial charge < -0.3 is 23.1 Å². The molecule has 9 heteroatoms. The molecule has 0 saturated heterocycles. The molecule has 0 unspecified atom stereocenters. The molecule has 2 rings (SSSR count). The fraction of sp³-hybridized carbons (Fsp3) is 0.235. The summed E-state index contributed by atoms with van der Waals surface area (Å²) in [7, 11) is 1.05. The quantitative estimate of drug-likeness (QED) is 0.673. The maximum atomic E-state index is 12.5. The van der Waals surface area contributed by atoms with Crippen molar-refractivity contribution in [3.63, 3.8) is 0 Å². The first-order valence-electron chi connectivity index (χ1n) is 7.29. The molecule has 26 heavy (non-hydrogen) atoms. The van der Waals surface area contributed by atoms with Crippen LogP contribution < -0.4 is 18.9 Å². The van der Waals surface area contributed by atoms with Crippen molar-refractivity contribution in [2.45, 2.75) is 4.90 Å². The Hall–Kier alpha value is -2.94. The first-order valence-corrected chi connectivity index (χ1v) is 8.70. The number of methoxy groups -OCH3 is 4. The van der Waals surface area contributed by atoms with Gasteiger partial charge >= 0.3 is 16.1 Å². The van der Waals surface area contributed by atoms with Crippen molar-refractivity contribution in [1.82, 2.24) is 0 Å². The van der Waals surface area contributed by atoms with E-state index in [0.29, 0.717) is 5.75 Å². The first-order chi connectivity index (χ1) is 12.4. The molecule has 140 valence electrons. The average Bonchev–Trinajstić information content (AvgIpc) is 2.65. The summed E-state index contributed by atoms with van der Waals surface area (Å²) < 4.78 is 50.0. The van der Waals surface area contributed by atoms with Crippen LogP contribution in [0.5, 0.6) is 23.0 Å². The molecule has 0 saturated carbocycles. The van der Waals surface area contributed by atoms with E-state index in [9.17, 15) is 13.2 Å². The Morgan fingerprint density at radius 2 is 1.31 bits per heavy atom. The molecule has 0 N–H and O–H groups in total. The van der Waals surface area contributed by atoms with Gasteiger partial charge in [0.15, 0.2) is 11.5 Å². The van der Waals surface area contributed by atoms with E-state index in [4.69, 9.17) is 23.1 Å². The van der Waals surface area contributed by atoms with Crippen LogP contribution in [-0.2, 0) is 14.3 Å². The molecule has 0 aliphatic carbocycles. The molecule has 0 fully saturated rings. The highest BCUT2D eigenvalue weighted by Crippen LogP contribution is 2.32. The van der Waals surface area contributed by atoms with E-state index in [0.717, 1.165) is 0 Å². The summed E-state index contributed by atoms with van der Waals surface area (Å²) in [6.45, 7) is 0. The number of hydrogen-bond donors (Lipinski definition) is 0. The Labute approximate surface area is 151 Å². The summed E-state index contributed by atoms with van der Waals surface area (Å²) in [5.74, 6) is -0.369. The summed E-state index contributed by atoms with van der Waals surface area (Å²) in [6.07, 6.45) is 0. The van der Waals surface area contributed by atoms with E-state index < -0.39 is 16.1 Å². The second-order valence-corrected chi connectivity index (χ2v) is 6.43. The lowest BCUT2D eigenvalue weighted by molar-refractivity contribution is 0.0739. The summed E-state index contributed by atoms with van der Waals surface area (Å²) in [5, 5.41) is 0. The Kier molecular flexibility index (Phi) is 5.93. The highest BCUT2D eigenvalue weighted by atomic mass is 32.2. The minimum Gasteiger partial charge on any atom is -0.496 e. The summed E-state index contributed by atoms with van der Waals surface area (Å²) in [4.78, 5) is 12.2. The number of carbonyl (C=O) groups is 1. The van der Waals surface area contributed by atoms with Crippen molar-refractivity contribution in [3.8, 4) is 23.0 Å². The number of ether oxygens (including phenoxy) is 4. The van der Waals surface area contributed by atoms with Gasteiger partial charge in [0.2, 0.25) is 0 Å². The zero-order valence-electron chi connectivity index (χ0n) is 14.6. The Morgan fingerprint density at radius 3 is 1.81 bits per heavy atom. The zero-order valence-corrected chi connectivity index (χ0v) is 15.5. The lowest BCUT2D eigenvalue weighted by atomic mass is 10.2. The van der Waals surface area contributed by atoms with Crippen molar-refractivity contribution in [1.29, 1.82) is 0 Å². The van der Waals surface area contributed by atoms with Gasteiger partial charge in [0.1, 0.15) is 22.0 Å². The molecular weight excluding hydrogens is 364 g/mol. The van der Waals surface area contributed by atoms with E-state index in [1.807, 2.05) is 0 Å². The summed E-state index contributed by atoms with van der Waals surface area (Å²) in [6, 6.07) is 8.40. The second kappa shape index (κ2) is 7.96. The molecule has 0 spiro atoms. The fourth-order valence-corrected chi connectivity index (χ4v) is 3.08. The van der Waals surface area contributed by atoms with Crippen molar-refractivity contribution < 1.29 is 36.3 Å². The molecule has 0 bridgehead atoms. The smallest absolute Gasteiger partial charge is 0.361 e. The topological polar surface area (TPSA) is 97.4 Å². The third-order valence-electron chi connectivity index (χ3n) is 3.46. The second-order valence-electron chi connectivity index (χ2n) is 4.88. The van der Waals surface area contributed by atoms with Crippen LogP contribution >= 0.6 is 0 Å². The van der Waals surface area contributed by atoms with Gasteiger partial charge in [-0.3, -0.25) is 0 Å². The third kappa shape index (κ3) is 3.83. The minimum atomic E-state index is -4.41. The predicted molar refractivity (Wildman–Crippen MR) is 91.7 cm³/mol. The van der Waals surface area contributed by atoms with Gasteiger partial charge in [-0.15, -0.1) is 0 Å². The molecule has 0 amide bonds. The zero-order chi connectivity index (χ0) is 19.3. The maximum Gasteiger partial charge on any atom is 0.361 e. The molecule has 0 heterocycles. The molecule has 0 aliphatic rings. The highest BCUT2D eigenvalue weighted by molar-refractivity contribution is 7.87. The van der Waals surface area contributed by atoms with E-state index in [1.54, 1.807) is 6.07 Å². The average molecular weight is 382 g/mol. The van der Waals surface area contributed by atoms with Crippen LogP contribution in [0.4, 0.5) is 0 Å². The first kappa shape index (κ1) is 19.4. The minimum absolute atomic E-state index is 0.122. The molecule has 0 atom stereocenters. The highest BCUT2D eigenvalue weighted by Gasteiger charge is 2.27. The summed E-state index contributed by atoms with van der Waals surface area (Å²) >= 11 is 0. The monoisotopic (exact) mass is 382 g/mol. The SMILES string of the molecule is COc1ccc(S(=O)(=O)OC(=O)c2c(OC)cccc2OC)cc1OC. The Bertz CT molecular complexity index is 883. The van der Waals surface area contributed by atoms with Crippen LogP contribution in [0.2, 0.25) is 0 Å². The van der Waals surface area contributed by atoms with Crippen LogP contribution in [0.1, 0.15) is 10.4 Å². The standard InChI is InChI=1S/C17H18O8S/c1-21-12-9-8-11(10-15(12)24-4)26(19,20)25-17(18)16-13(22-2)6-5-7-14(16)23-3/h5-10H,1-4H3. The summed E-state index contributed by atoms with van der Waals surface area (Å²) in [5.41, 5.74) is -0.137. The largest absolute Gasteiger partial charge is 0.496 e. The molecule has 0 radical (unpaired) electrons. The lowest BCUT2D eigenvalue weighted by Crippen LogP contribution is -2.15. The van der Waals surface area contributed by atoms with Gasteiger partial charge in [0.05, 0.1) is 28.4 Å². The molecule has 2 aromatic carbocycles.